The predicted octanol–water partition coefficient (Wildman–Crippen LogP) is 2.31. The Labute approximate surface area is 175 Å². The zero-order valence-corrected chi connectivity index (χ0v) is 17.7. The smallest absolute Gasteiger partial charge is 0.346 e. The SMILES string of the molecule is Cc1noc(C)c1Cn1nc2n(c1=O)CCC(C(=O)N(C)Cc1ccccc1)CC2. The molecule has 8 nitrogen and oxygen atoms in total. The number of benzene rings is 1. The minimum Gasteiger partial charge on any atom is -0.361 e. The maximum Gasteiger partial charge on any atom is 0.346 e. The molecule has 3 heterocycles. The average molecular weight is 409 g/mol. The van der Waals surface area contributed by atoms with Gasteiger partial charge >= 0.3 is 5.69 Å². The number of carbonyl (C=O) groups excluding carboxylic acids is 1. The van der Waals surface area contributed by atoms with Crippen molar-refractivity contribution in [3.8, 4) is 0 Å². The highest BCUT2D eigenvalue weighted by Gasteiger charge is 2.27. The van der Waals surface area contributed by atoms with Crippen molar-refractivity contribution in [3.63, 3.8) is 0 Å². The lowest BCUT2D eigenvalue weighted by molar-refractivity contribution is -0.135. The van der Waals surface area contributed by atoms with Gasteiger partial charge in [-0.1, -0.05) is 35.5 Å². The number of aromatic nitrogens is 4. The molecule has 0 spiro atoms. The van der Waals surface area contributed by atoms with Crippen LogP contribution in [0.5, 0.6) is 0 Å². The Bertz CT molecular complexity index is 1080. The van der Waals surface area contributed by atoms with Gasteiger partial charge in [-0.05, 0) is 32.3 Å². The Kier molecular flexibility index (Phi) is 5.57. The van der Waals surface area contributed by atoms with Crippen LogP contribution in [-0.2, 0) is 30.8 Å². The van der Waals surface area contributed by atoms with E-state index < -0.39 is 0 Å². The monoisotopic (exact) mass is 409 g/mol. The lowest BCUT2D eigenvalue weighted by atomic mass is 9.98. The molecule has 2 aromatic heterocycles. The largest absolute Gasteiger partial charge is 0.361 e. The summed E-state index contributed by atoms with van der Waals surface area (Å²) >= 11 is 0. The van der Waals surface area contributed by atoms with E-state index >= 15 is 0 Å². The molecule has 4 rings (SSSR count). The number of hydrogen-bond acceptors (Lipinski definition) is 5. The van der Waals surface area contributed by atoms with Crippen LogP contribution < -0.4 is 5.69 Å². The van der Waals surface area contributed by atoms with Gasteiger partial charge in [0.15, 0.2) is 0 Å². The maximum absolute atomic E-state index is 13.0. The van der Waals surface area contributed by atoms with Gasteiger partial charge in [-0.25, -0.2) is 9.48 Å². The van der Waals surface area contributed by atoms with Crippen molar-refractivity contribution in [1.82, 2.24) is 24.4 Å². The summed E-state index contributed by atoms with van der Waals surface area (Å²) in [7, 11) is 1.84. The standard InChI is InChI=1S/C22H27N5O3/c1-15-19(16(2)30-24-15)14-27-22(29)26-12-11-18(9-10-20(26)23-27)21(28)25(3)13-17-7-5-4-6-8-17/h4-8,18H,9-14H2,1-3H3. The lowest BCUT2D eigenvalue weighted by Crippen LogP contribution is -2.33. The molecule has 1 aliphatic rings. The van der Waals surface area contributed by atoms with E-state index in [1.54, 1.807) is 9.47 Å². The molecule has 0 N–H and O–H groups in total. The third kappa shape index (κ3) is 3.94. The number of nitrogens with zero attached hydrogens (tertiary/aromatic N) is 5. The predicted molar refractivity (Wildman–Crippen MR) is 111 cm³/mol. The van der Waals surface area contributed by atoms with Crippen molar-refractivity contribution in [3.05, 3.63) is 69.2 Å². The first-order valence-electron chi connectivity index (χ1n) is 10.3. The zero-order valence-electron chi connectivity index (χ0n) is 17.7. The number of rotatable bonds is 5. The molecule has 0 saturated carbocycles. The molecule has 8 heteroatoms. The molecule has 158 valence electrons. The third-order valence-electron chi connectivity index (χ3n) is 5.89. The molecule has 1 unspecified atom stereocenters. The molecule has 0 fully saturated rings. The first-order valence-corrected chi connectivity index (χ1v) is 10.3. The van der Waals surface area contributed by atoms with Crippen LogP contribution in [0.2, 0.25) is 0 Å². The summed E-state index contributed by atoms with van der Waals surface area (Å²) in [6.07, 6.45) is 1.95. The van der Waals surface area contributed by atoms with Crippen LogP contribution in [0.3, 0.4) is 0 Å². The van der Waals surface area contributed by atoms with E-state index in [1.165, 1.54) is 4.68 Å². The van der Waals surface area contributed by atoms with Gasteiger partial charge in [-0.2, -0.15) is 5.10 Å². The fraction of sp³-hybridized carbons (Fsp3) is 0.455. The molecular weight excluding hydrogens is 382 g/mol. The van der Waals surface area contributed by atoms with Gasteiger partial charge in [-0.3, -0.25) is 9.36 Å². The number of carbonyl (C=O) groups is 1. The summed E-state index contributed by atoms with van der Waals surface area (Å²) in [6, 6.07) is 9.97. The minimum absolute atomic E-state index is 0.101. The van der Waals surface area contributed by atoms with Crippen molar-refractivity contribution in [2.45, 2.75) is 52.7 Å². The van der Waals surface area contributed by atoms with Crippen LogP contribution in [0, 0.1) is 19.8 Å². The van der Waals surface area contributed by atoms with E-state index in [0.717, 1.165) is 22.6 Å². The molecule has 1 amide bonds. The van der Waals surface area contributed by atoms with Crippen molar-refractivity contribution in [1.29, 1.82) is 0 Å². The van der Waals surface area contributed by atoms with Crippen LogP contribution in [0.15, 0.2) is 39.6 Å². The number of aryl methyl sites for hydroxylation is 3. The van der Waals surface area contributed by atoms with E-state index in [4.69, 9.17) is 4.52 Å². The second kappa shape index (κ2) is 8.30. The first-order chi connectivity index (χ1) is 14.4. The van der Waals surface area contributed by atoms with Gasteiger partial charge in [0, 0.05) is 38.0 Å². The van der Waals surface area contributed by atoms with Gasteiger partial charge in [0.25, 0.3) is 0 Å². The van der Waals surface area contributed by atoms with E-state index in [9.17, 15) is 9.59 Å². The van der Waals surface area contributed by atoms with Crippen LogP contribution in [-0.4, -0.2) is 37.4 Å². The Morgan fingerprint density at radius 2 is 2.00 bits per heavy atom. The van der Waals surface area contributed by atoms with Crippen LogP contribution >= 0.6 is 0 Å². The van der Waals surface area contributed by atoms with E-state index in [0.29, 0.717) is 44.7 Å². The highest BCUT2D eigenvalue weighted by atomic mass is 16.5. The van der Waals surface area contributed by atoms with Crippen molar-refractivity contribution in [2.75, 3.05) is 7.05 Å². The van der Waals surface area contributed by atoms with E-state index in [-0.39, 0.29) is 17.5 Å². The van der Waals surface area contributed by atoms with E-state index in [2.05, 4.69) is 10.3 Å². The molecule has 0 bridgehead atoms. The molecule has 1 aromatic carbocycles. The van der Waals surface area contributed by atoms with Crippen molar-refractivity contribution < 1.29 is 9.32 Å². The van der Waals surface area contributed by atoms with E-state index in [1.807, 2.05) is 51.2 Å². The topological polar surface area (TPSA) is 86.2 Å². The minimum atomic E-state index is -0.143. The summed E-state index contributed by atoms with van der Waals surface area (Å²) in [4.78, 5) is 27.6. The maximum atomic E-state index is 13.0. The third-order valence-corrected chi connectivity index (χ3v) is 5.89. The van der Waals surface area contributed by atoms with Crippen molar-refractivity contribution >= 4 is 5.91 Å². The summed E-state index contributed by atoms with van der Waals surface area (Å²) < 4.78 is 8.38. The second-order valence-corrected chi connectivity index (χ2v) is 8.01. The summed E-state index contributed by atoms with van der Waals surface area (Å²) in [5.74, 6) is 1.47. The Morgan fingerprint density at radius 3 is 2.70 bits per heavy atom. The normalized spacial score (nSPS) is 16.2. The first kappa shape index (κ1) is 20.1. The molecule has 30 heavy (non-hydrogen) atoms. The lowest BCUT2D eigenvalue weighted by Gasteiger charge is -2.23. The van der Waals surface area contributed by atoms with Gasteiger partial charge in [0.05, 0.1) is 12.2 Å². The quantitative estimate of drug-likeness (QED) is 0.645. The van der Waals surface area contributed by atoms with Gasteiger partial charge in [0.2, 0.25) is 5.91 Å². The average Bonchev–Trinajstić information content (AvgIpc) is 3.12. The highest BCUT2D eigenvalue weighted by Crippen LogP contribution is 2.21. The van der Waals surface area contributed by atoms with Crippen LogP contribution in [0.25, 0.3) is 0 Å². The summed E-state index contributed by atoms with van der Waals surface area (Å²) in [5, 5.41) is 8.49. The van der Waals surface area contributed by atoms with Crippen LogP contribution in [0.1, 0.15) is 41.2 Å². The van der Waals surface area contributed by atoms with Gasteiger partial charge < -0.3 is 9.42 Å². The molecule has 0 saturated heterocycles. The number of hydrogen-bond donors (Lipinski definition) is 0. The van der Waals surface area contributed by atoms with Gasteiger partial charge in [-0.15, -0.1) is 0 Å². The van der Waals surface area contributed by atoms with Gasteiger partial charge in [0.1, 0.15) is 11.6 Å². The number of fused-ring (bicyclic) bond motifs is 1. The molecule has 0 radical (unpaired) electrons. The Morgan fingerprint density at radius 1 is 1.23 bits per heavy atom. The van der Waals surface area contributed by atoms with Crippen molar-refractivity contribution in [2.24, 2.45) is 5.92 Å². The Hall–Kier alpha value is -3.16. The molecule has 1 aliphatic heterocycles. The summed E-state index contributed by atoms with van der Waals surface area (Å²) in [6.45, 7) is 5.14. The zero-order chi connectivity index (χ0) is 21.3. The Balaban J connectivity index is 1.44. The van der Waals surface area contributed by atoms with Crippen LogP contribution in [0.4, 0.5) is 0 Å². The second-order valence-electron chi connectivity index (χ2n) is 8.01. The highest BCUT2D eigenvalue weighted by molar-refractivity contribution is 5.78. The summed E-state index contributed by atoms with van der Waals surface area (Å²) in [5.41, 5.74) is 2.63. The molecule has 3 aromatic rings. The molecule has 0 aliphatic carbocycles. The number of amides is 1. The molecular formula is C22H27N5O3. The fourth-order valence-electron chi connectivity index (χ4n) is 4.10. The fourth-order valence-corrected chi connectivity index (χ4v) is 4.10. The molecule has 1 atom stereocenters.